The first-order valence-electron chi connectivity index (χ1n) is 14.4. The summed E-state index contributed by atoms with van der Waals surface area (Å²) in [5.41, 5.74) is 4.21. The number of carbonyl (C=O) groups excluding carboxylic acids is 1. The van der Waals surface area contributed by atoms with Crippen molar-refractivity contribution >= 4 is 17.3 Å². The minimum Gasteiger partial charge on any atom is -0.494 e. The number of amidine groups is 1. The second-order valence-corrected chi connectivity index (χ2v) is 12.6. The number of hydrogen-bond donors (Lipinski definition) is 1. The highest BCUT2D eigenvalue weighted by Gasteiger charge is 2.57. The van der Waals surface area contributed by atoms with Gasteiger partial charge < -0.3 is 24.0 Å². The smallest absolute Gasteiger partial charge is 0.182 e. The molecule has 2 aromatic carbocycles. The maximum atomic E-state index is 14.0. The fourth-order valence-corrected chi connectivity index (χ4v) is 6.68. The van der Waals surface area contributed by atoms with E-state index in [1.54, 1.807) is 7.11 Å². The number of nitrogens with one attached hydrogen (secondary N) is 1. The third-order valence-corrected chi connectivity index (χ3v) is 8.97. The highest BCUT2D eigenvalue weighted by atomic mass is 16.5. The Morgan fingerprint density at radius 3 is 2.23 bits per heavy atom. The lowest BCUT2D eigenvalue weighted by atomic mass is 9.84. The Kier molecular flexibility index (Phi) is 6.12. The summed E-state index contributed by atoms with van der Waals surface area (Å²) in [6.45, 7) is 13.7. The van der Waals surface area contributed by atoms with E-state index in [0.29, 0.717) is 36.1 Å². The van der Waals surface area contributed by atoms with E-state index in [-0.39, 0.29) is 23.3 Å². The first-order valence-corrected chi connectivity index (χ1v) is 14.4. The molecule has 2 aromatic rings. The van der Waals surface area contributed by atoms with Gasteiger partial charge in [0.1, 0.15) is 11.6 Å². The Hall–Kier alpha value is -3.22. The van der Waals surface area contributed by atoms with Crippen molar-refractivity contribution in [2.24, 2.45) is 11.8 Å². The summed E-state index contributed by atoms with van der Waals surface area (Å²) in [6.07, 6.45) is 3.17. The van der Waals surface area contributed by atoms with E-state index >= 15 is 0 Å². The summed E-state index contributed by atoms with van der Waals surface area (Å²) in [7, 11) is 1.74. The molecule has 2 atom stereocenters. The number of ether oxygens (including phenoxy) is 3. The van der Waals surface area contributed by atoms with E-state index in [9.17, 15) is 4.79 Å². The number of rotatable bonds is 9. The second kappa shape index (κ2) is 9.17. The third-order valence-electron chi connectivity index (χ3n) is 8.97. The molecule has 3 fully saturated rings. The molecule has 1 spiro atoms. The molecule has 208 valence electrons. The average molecular weight is 532 g/mol. The second-order valence-electron chi connectivity index (χ2n) is 12.6. The molecule has 39 heavy (non-hydrogen) atoms. The molecule has 2 heterocycles. The molecule has 0 aromatic heterocycles. The summed E-state index contributed by atoms with van der Waals surface area (Å²) >= 11 is 0. The molecule has 7 nitrogen and oxygen atoms in total. The lowest BCUT2D eigenvalue weighted by Gasteiger charge is -2.30. The van der Waals surface area contributed by atoms with Gasteiger partial charge in [0.25, 0.3) is 0 Å². The summed E-state index contributed by atoms with van der Waals surface area (Å²) < 4.78 is 17.7. The van der Waals surface area contributed by atoms with Gasteiger partial charge in [0.15, 0.2) is 17.3 Å². The lowest BCUT2D eigenvalue weighted by Crippen LogP contribution is -2.38. The van der Waals surface area contributed by atoms with Gasteiger partial charge in [0, 0.05) is 29.8 Å². The molecular formula is C32H41N3O4. The van der Waals surface area contributed by atoms with Gasteiger partial charge in [-0.05, 0) is 80.2 Å². The number of fused-ring (bicyclic) bond motifs is 3. The zero-order valence-corrected chi connectivity index (χ0v) is 24.1. The summed E-state index contributed by atoms with van der Waals surface area (Å²) in [5, 5.41) is 9.10. The molecule has 1 N–H and O–H groups in total. The van der Waals surface area contributed by atoms with Crippen molar-refractivity contribution in [3.05, 3.63) is 46.5 Å². The van der Waals surface area contributed by atoms with Crippen LogP contribution < -0.4 is 19.1 Å². The first-order chi connectivity index (χ1) is 18.6. The van der Waals surface area contributed by atoms with Gasteiger partial charge in [0.2, 0.25) is 0 Å². The Labute approximate surface area is 231 Å². The molecule has 0 radical (unpaired) electrons. The zero-order chi connectivity index (χ0) is 27.7. The first kappa shape index (κ1) is 26.0. The van der Waals surface area contributed by atoms with Crippen molar-refractivity contribution in [2.45, 2.75) is 64.8 Å². The fraction of sp³-hybridized carbons (Fsp3) is 0.562. The van der Waals surface area contributed by atoms with Crippen molar-refractivity contribution in [1.29, 1.82) is 5.41 Å². The van der Waals surface area contributed by atoms with Gasteiger partial charge in [-0.2, -0.15) is 0 Å². The van der Waals surface area contributed by atoms with Gasteiger partial charge in [-0.25, -0.2) is 0 Å². The predicted octanol–water partition coefficient (Wildman–Crippen LogP) is 5.76. The lowest BCUT2D eigenvalue weighted by molar-refractivity contribution is 0.0943. The predicted molar refractivity (Wildman–Crippen MR) is 153 cm³/mol. The van der Waals surface area contributed by atoms with Crippen molar-refractivity contribution in [1.82, 2.24) is 4.90 Å². The molecule has 2 saturated carbocycles. The minimum absolute atomic E-state index is 0.0349. The minimum atomic E-state index is -0.308. The van der Waals surface area contributed by atoms with Gasteiger partial charge in [-0.3, -0.25) is 10.2 Å². The number of Topliss-reactive ketones (excluding diaryl/α,β-unsaturated/α-hetero) is 1. The van der Waals surface area contributed by atoms with Crippen molar-refractivity contribution in [2.75, 3.05) is 44.9 Å². The normalized spacial score (nSPS) is 22.2. The van der Waals surface area contributed by atoms with E-state index in [4.69, 9.17) is 19.6 Å². The SMILES string of the molecule is CCOc1cc2c(cc1OCC)C1(CC1)N(CC(=O)c1cc(N3CC4C[C@H]4C3)c(OC)c(C(C)(C)C)c1)C2=N. The van der Waals surface area contributed by atoms with E-state index < -0.39 is 0 Å². The average Bonchev–Trinajstić information content (AvgIpc) is 3.81. The Morgan fingerprint density at radius 2 is 1.67 bits per heavy atom. The molecule has 1 unspecified atom stereocenters. The van der Waals surface area contributed by atoms with Gasteiger partial charge >= 0.3 is 0 Å². The molecule has 2 aliphatic carbocycles. The third kappa shape index (κ3) is 4.25. The van der Waals surface area contributed by atoms with Crippen LogP contribution in [-0.4, -0.2) is 56.5 Å². The monoisotopic (exact) mass is 531 g/mol. The van der Waals surface area contributed by atoms with E-state index in [0.717, 1.165) is 65.9 Å². The number of methoxy groups -OCH3 is 1. The molecule has 0 amide bonds. The molecule has 6 rings (SSSR count). The van der Waals surface area contributed by atoms with Crippen LogP contribution in [0.3, 0.4) is 0 Å². The Balaban J connectivity index is 1.34. The van der Waals surface area contributed by atoms with Crippen LogP contribution in [-0.2, 0) is 11.0 Å². The molecule has 4 aliphatic rings. The van der Waals surface area contributed by atoms with Crippen molar-refractivity contribution in [3.8, 4) is 17.2 Å². The van der Waals surface area contributed by atoms with Crippen molar-refractivity contribution < 1.29 is 19.0 Å². The van der Waals surface area contributed by atoms with Crippen LogP contribution in [0.1, 0.15) is 80.9 Å². The Morgan fingerprint density at radius 1 is 1.03 bits per heavy atom. The van der Waals surface area contributed by atoms with Crippen LogP contribution in [0.15, 0.2) is 24.3 Å². The number of piperidine rings is 1. The van der Waals surface area contributed by atoms with Crippen LogP contribution in [0, 0.1) is 17.2 Å². The standard InChI is InChI=1S/C32H41N3O4/c1-7-38-27-14-22-23(15-28(27)39-8-2)32(9-10-32)35(30(22)33)18-26(36)19-12-24(31(3,4)5)29(37-6)25(13-19)34-16-20-11-21(20)17-34/h12-15,20-21,33H,7-11,16-18H2,1-6H3/t20-,21?/m0/s1. The quantitative estimate of drug-likeness (QED) is 0.415. The topological polar surface area (TPSA) is 75.1 Å². The molecule has 2 aliphatic heterocycles. The Bertz CT molecular complexity index is 1330. The van der Waals surface area contributed by atoms with Gasteiger partial charge in [0.05, 0.1) is 38.1 Å². The summed E-state index contributed by atoms with van der Waals surface area (Å²) in [5.74, 6) is 4.22. The van der Waals surface area contributed by atoms with Gasteiger partial charge in [-0.1, -0.05) is 20.8 Å². The van der Waals surface area contributed by atoms with E-state index in [1.165, 1.54) is 6.42 Å². The molecular weight excluding hydrogens is 490 g/mol. The number of benzene rings is 2. The van der Waals surface area contributed by atoms with E-state index in [1.807, 2.05) is 43.0 Å². The van der Waals surface area contributed by atoms with Crippen LogP contribution in [0.5, 0.6) is 17.2 Å². The largest absolute Gasteiger partial charge is 0.494 e. The number of hydrogen-bond acceptors (Lipinski definition) is 6. The van der Waals surface area contributed by atoms with Crippen LogP contribution in [0.2, 0.25) is 0 Å². The maximum Gasteiger partial charge on any atom is 0.182 e. The number of nitrogens with zero attached hydrogens (tertiary/aromatic N) is 2. The summed E-state index contributed by atoms with van der Waals surface area (Å²) in [4.78, 5) is 18.4. The maximum absolute atomic E-state index is 14.0. The van der Waals surface area contributed by atoms with Crippen LogP contribution >= 0.6 is 0 Å². The summed E-state index contributed by atoms with van der Waals surface area (Å²) in [6, 6.07) is 8.03. The highest BCUT2D eigenvalue weighted by molar-refractivity contribution is 6.07. The highest BCUT2D eigenvalue weighted by Crippen LogP contribution is 2.58. The van der Waals surface area contributed by atoms with Crippen molar-refractivity contribution in [3.63, 3.8) is 0 Å². The number of ketones is 1. The van der Waals surface area contributed by atoms with Crippen LogP contribution in [0.25, 0.3) is 0 Å². The molecule has 7 heteroatoms. The number of anilines is 1. The van der Waals surface area contributed by atoms with Crippen LogP contribution in [0.4, 0.5) is 5.69 Å². The fourth-order valence-electron chi connectivity index (χ4n) is 6.68. The molecule has 0 bridgehead atoms. The van der Waals surface area contributed by atoms with Gasteiger partial charge in [-0.15, -0.1) is 0 Å². The molecule has 1 saturated heterocycles. The van der Waals surface area contributed by atoms with E-state index in [2.05, 4.69) is 25.7 Å². The number of carbonyl (C=O) groups is 1. The zero-order valence-electron chi connectivity index (χ0n) is 24.1.